The minimum atomic E-state index is -3.62. The smallest absolute Gasteiger partial charge is 0.264 e. The first-order valence-corrected chi connectivity index (χ1v) is 8.79. The number of hydrogen-bond donors (Lipinski definition) is 0. The van der Waals surface area contributed by atoms with Crippen molar-refractivity contribution in [2.45, 2.75) is 24.4 Å². The number of fused-ring (bicyclic) bond motifs is 1. The SMILES string of the molecule is CS(=O)(=O)O[C@H]1CO[C@H]2[C@@H]1OC[C@@H]2OS(C)(=O)=O. The molecular weight excluding hydrogens is 288 g/mol. The first kappa shape index (κ1) is 14.2. The number of rotatable bonds is 4. The van der Waals surface area contributed by atoms with Gasteiger partial charge in [0, 0.05) is 0 Å². The average Bonchev–Trinajstić information content (AvgIpc) is 2.66. The van der Waals surface area contributed by atoms with Crippen LogP contribution in [-0.2, 0) is 38.1 Å². The van der Waals surface area contributed by atoms with E-state index in [2.05, 4.69) is 0 Å². The maximum atomic E-state index is 11.0. The summed E-state index contributed by atoms with van der Waals surface area (Å²) in [4.78, 5) is 0. The van der Waals surface area contributed by atoms with E-state index in [-0.39, 0.29) is 13.2 Å². The minimum Gasteiger partial charge on any atom is -0.370 e. The molecule has 10 heteroatoms. The van der Waals surface area contributed by atoms with Crippen molar-refractivity contribution in [2.75, 3.05) is 25.7 Å². The van der Waals surface area contributed by atoms with Crippen LogP contribution in [0.2, 0.25) is 0 Å². The van der Waals surface area contributed by atoms with E-state index in [1.807, 2.05) is 0 Å². The second kappa shape index (κ2) is 4.69. The minimum absolute atomic E-state index is 0.0199. The van der Waals surface area contributed by atoms with Gasteiger partial charge in [-0.25, -0.2) is 0 Å². The Kier molecular flexibility index (Phi) is 3.69. The Labute approximate surface area is 105 Å². The summed E-state index contributed by atoms with van der Waals surface area (Å²) in [5.41, 5.74) is 0. The summed E-state index contributed by atoms with van der Waals surface area (Å²) in [6.07, 6.45) is -0.936. The predicted octanol–water partition coefficient (Wildman–Crippen LogP) is -1.53. The Hall–Kier alpha value is -0.260. The van der Waals surface area contributed by atoms with E-state index in [4.69, 9.17) is 17.8 Å². The van der Waals surface area contributed by atoms with E-state index in [0.29, 0.717) is 0 Å². The van der Waals surface area contributed by atoms with Gasteiger partial charge in [-0.05, 0) is 0 Å². The van der Waals surface area contributed by atoms with E-state index in [9.17, 15) is 16.8 Å². The van der Waals surface area contributed by atoms with Crippen LogP contribution in [0, 0.1) is 0 Å². The molecule has 0 bridgehead atoms. The fraction of sp³-hybridized carbons (Fsp3) is 1.00. The molecule has 8 nitrogen and oxygen atoms in total. The largest absolute Gasteiger partial charge is 0.370 e. The topological polar surface area (TPSA) is 105 Å². The average molecular weight is 302 g/mol. The first-order valence-electron chi connectivity index (χ1n) is 5.15. The number of hydrogen-bond acceptors (Lipinski definition) is 8. The highest BCUT2D eigenvalue weighted by molar-refractivity contribution is 7.86. The molecular formula is C8H14O8S2. The lowest BCUT2D eigenvalue weighted by atomic mass is 10.1. The summed E-state index contributed by atoms with van der Waals surface area (Å²) in [6, 6.07) is 0. The molecule has 0 saturated carbocycles. The van der Waals surface area contributed by atoms with Crippen LogP contribution < -0.4 is 0 Å². The van der Waals surface area contributed by atoms with Gasteiger partial charge < -0.3 is 9.47 Å². The van der Waals surface area contributed by atoms with Gasteiger partial charge in [-0.3, -0.25) is 8.37 Å². The first-order chi connectivity index (χ1) is 8.16. The van der Waals surface area contributed by atoms with Crippen molar-refractivity contribution >= 4 is 20.2 Å². The van der Waals surface area contributed by atoms with Gasteiger partial charge >= 0.3 is 0 Å². The molecule has 2 saturated heterocycles. The second-order valence-corrected chi connectivity index (χ2v) is 7.47. The lowest BCUT2D eigenvalue weighted by molar-refractivity contribution is 0.0226. The Morgan fingerprint density at radius 2 is 1.17 bits per heavy atom. The van der Waals surface area contributed by atoms with Crippen LogP contribution in [-0.4, -0.2) is 67.0 Å². The molecule has 0 aromatic heterocycles. The van der Waals surface area contributed by atoms with Crippen LogP contribution in [0.5, 0.6) is 0 Å². The van der Waals surface area contributed by atoms with Crippen molar-refractivity contribution in [3.63, 3.8) is 0 Å². The number of ether oxygens (including phenoxy) is 2. The third kappa shape index (κ3) is 3.39. The monoisotopic (exact) mass is 302 g/mol. The maximum Gasteiger partial charge on any atom is 0.264 e. The van der Waals surface area contributed by atoms with Gasteiger partial charge in [0.2, 0.25) is 0 Å². The van der Waals surface area contributed by atoms with Crippen molar-refractivity contribution in [3.8, 4) is 0 Å². The molecule has 0 N–H and O–H groups in total. The van der Waals surface area contributed by atoms with E-state index >= 15 is 0 Å². The molecule has 2 rings (SSSR count). The van der Waals surface area contributed by atoms with Crippen LogP contribution in [0.3, 0.4) is 0 Å². The van der Waals surface area contributed by atoms with Crippen LogP contribution >= 0.6 is 0 Å². The van der Waals surface area contributed by atoms with Gasteiger partial charge in [0.25, 0.3) is 20.2 Å². The summed E-state index contributed by atoms with van der Waals surface area (Å²) >= 11 is 0. The Bertz CT molecular complexity index is 461. The predicted molar refractivity (Wildman–Crippen MR) is 58.9 cm³/mol. The maximum absolute atomic E-state index is 11.0. The normalized spacial score (nSPS) is 36.8. The third-order valence-electron chi connectivity index (χ3n) is 2.56. The molecule has 2 heterocycles. The summed E-state index contributed by atoms with van der Waals surface area (Å²) in [5.74, 6) is 0. The van der Waals surface area contributed by atoms with Crippen molar-refractivity contribution in [1.29, 1.82) is 0 Å². The summed E-state index contributed by atoms with van der Waals surface area (Å²) in [7, 11) is -7.24. The van der Waals surface area contributed by atoms with Crippen LogP contribution in [0.15, 0.2) is 0 Å². The Balaban J connectivity index is 2.03. The highest BCUT2D eigenvalue weighted by Crippen LogP contribution is 2.31. The quantitative estimate of drug-likeness (QED) is 0.576. The zero-order valence-corrected chi connectivity index (χ0v) is 11.4. The summed E-state index contributed by atoms with van der Waals surface area (Å²) < 4.78 is 64.3. The molecule has 4 atom stereocenters. The molecule has 0 spiro atoms. The molecule has 0 radical (unpaired) electrons. The van der Waals surface area contributed by atoms with Crippen LogP contribution in [0.1, 0.15) is 0 Å². The molecule has 2 aliphatic rings. The van der Waals surface area contributed by atoms with Crippen molar-refractivity contribution < 1.29 is 34.7 Å². The lowest BCUT2D eigenvalue weighted by Crippen LogP contribution is -2.35. The molecule has 18 heavy (non-hydrogen) atoms. The fourth-order valence-electron chi connectivity index (χ4n) is 2.04. The van der Waals surface area contributed by atoms with Crippen LogP contribution in [0.4, 0.5) is 0 Å². The zero-order valence-electron chi connectivity index (χ0n) is 9.81. The Morgan fingerprint density at radius 1 is 0.833 bits per heavy atom. The van der Waals surface area contributed by atoms with E-state index in [1.165, 1.54) is 0 Å². The van der Waals surface area contributed by atoms with Gasteiger partial charge in [0.05, 0.1) is 25.7 Å². The van der Waals surface area contributed by atoms with Gasteiger partial charge in [-0.2, -0.15) is 16.8 Å². The molecule has 0 aliphatic carbocycles. The van der Waals surface area contributed by atoms with Crippen molar-refractivity contribution in [1.82, 2.24) is 0 Å². The van der Waals surface area contributed by atoms with E-state index < -0.39 is 44.7 Å². The Morgan fingerprint density at radius 3 is 1.44 bits per heavy atom. The highest BCUT2D eigenvalue weighted by atomic mass is 32.2. The molecule has 106 valence electrons. The summed E-state index contributed by atoms with van der Waals surface area (Å²) in [5, 5.41) is 0. The summed E-state index contributed by atoms with van der Waals surface area (Å²) in [6.45, 7) is 0.0397. The van der Waals surface area contributed by atoms with E-state index in [0.717, 1.165) is 12.5 Å². The molecule has 0 unspecified atom stereocenters. The second-order valence-electron chi connectivity index (χ2n) is 4.27. The van der Waals surface area contributed by atoms with Crippen molar-refractivity contribution in [2.24, 2.45) is 0 Å². The zero-order chi connectivity index (χ0) is 13.6. The third-order valence-corrected chi connectivity index (χ3v) is 3.75. The highest BCUT2D eigenvalue weighted by Gasteiger charge is 2.51. The van der Waals surface area contributed by atoms with Gasteiger partial charge in [0.1, 0.15) is 24.4 Å². The molecule has 0 aromatic rings. The van der Waals surface area contributed by atoms with Gasteiger partial charge in [0.15, 0.2) is 0 Å². The van der Waals surface area contributed by atoms with Gasteiger partial charge in [-0.15, -0.1) is 0 Å². The molecule has 0 amide bonds. The lowest BCUT2D eigenvalue weighted by Gasteiger charge is -2.15. The molecule has 0 aromatic carbocycles. The van der Waals surface area contributed by atoms with Crippen LogP contribution in [0.25, 0.3) is 0 Å². The fourth-order valence-corrected chi connectivity index (χ4v) is 3.27. The van der Waals surface area contributed by atoms with E-state index in [1.54, 1.807) is 0 Å². The molecule has 2 fully saturated rings. The van der Waals surface area contributed by atoms with Crippen molar-refractivity contribution in [3.05, 3.63) is 0 Å². The molecule has 2 aliphatic heterocycles. The van der Waals surface area contributed by atoms with Gasteiger partial charge in [-0.1, -0.05) is 0 Å². The standard InChI is InChI=1S/C8H14O8S2/c1-17(9,10)15-5-3-13-8-6(4-14-7(5)8)16-18(2,11)12/h5-8H,3-4H2,1-2H3/t5-,6-,7+,8+/m0/s1.